The maximum atomic E-state index is 5.96. The van der Waals surface area contributed by atoms with E-state index < -0.39 is 0 Å². The number of rotatable bonds is 6. The number of hydrogen-bond acceptors (Lipinski definition) is 1. The second-order valence-corrected chi connectivity index (χ2v) is 6.82. The smallest absolute Gasteiger partial charge is 0.0406 e. The van der Waals surface area contributed by atoms with Crippen molar-refractivity contribution in [1.82, 2.24) is 5.32 Å². The van der Waals surface area contributed by atoms with E-state index in [0.717, 1.165) is 29.8 Å². The van der Waals surface area contributed by atoms with Crippen molar-refractivity contribution in [1.29, 1.82) is 0 Å². The van der Waals surface area contributed by atoms with Crippen LogP contribution in [0, 0.1) is 11.8 Å². The van der Waals surface area contributed by atoms with E-state index in [4.69, 9.17) is 11.6 Å². The van der Waals surface area contributed by atoms with Gasteiger partial charge in [-0.15, -0.1) is 0 Å². The van der Waals surface area contributed by atoms with Crippen molar-refractivity contribution < 1.29 is 0 Å². The van der Waals surface area contributed by atoms with Gasteiger partial charge in [-0.1, -0.05) is 63.3 Å². The normalized spacial score (nSPS) is 24.6. The van der Waals surface area contributed by atoms with Gasteiger partial charge in [0.15, 0.2) is 0 Å². The van der Waals surface area contributed by atoms with Gasteiger partial charge >= 0.3 is 0 Å². The molecule has 1 fully saturated rings. The summed E-state index contributed by atoms with van der Waals surface area (Å²) in [5.41, 5.74) is 1.36. The third-order valence-electron chi connectivity index (χ3n) is 4.76. The molecule has 1 aromatic rings. The Morgan fingerprint density at radius 2 is 1.80 bits per heavy atom. The van der Waals surface area contributed by atoms with Crippen LogP contribution in [0.2, 0.25) is 5.02 Å². The van der Waals surface area contributed by atoms with E-state index in [2.05, 4.69) is 31.3 Å². The number of halogens is 1. The van der Waals surface area contributed by atoms with Crippen molar-refractivity contribution in [3.63, 3.8) is 0 Å². The Bertz CT molecular complexity index is 379. The summed E-state index contributed by atoms with van der Waals surface area (Å²) in [4.78, 5) is 0. The lowest BCUT2D eigenvalue weighted by Crippen LogP contribution is -2.24. The predicted octanol–water partition coefficient (Wildman–Crippen LogP) is 5.60. The van der Waals surface area contributed by atoms with Crippen LogP contribution < -0.4 is 5.32 Å². The van der Waals surface area contributed by atoms with Crippen molar-refractivity contribution in [2.24, 2.45) is 11.8 Å². The summed E-state index contributed by atoms with van der Waals surface area (Å²) in [6, 6.07) is 8.74. The van der Waals surface area contributed by atoms with E-state index >= 15 is 0 Å². The number of hydrogen-bond donors (Lipinski definition) is 1. The minimum Gasteiger partial charge on any atom is -0.310 e. The second-order valence-electron chi connectivity index (χ2n) is 6.38. The van der Waals surface area contributed by atoms with Gasteiger partial charge in [-0.3, -0.25) is 0 Å². The van der Waals surface area contributed by atoms with Crippen LogP contribution in [0.5, 0.6) is 0 Å². The quantitative estimate of drug-likeness (QED) is 0.720. The Kier molecular flexibility index (Phi) is 6.38. The van der Waals surface area contributed by atoms with Crippen LogP contribution in [-0.2, 0) is 0 Å². The summed E-state index contributed by atoms with van der Waals surface area (Å²) < 4.78 is 0. The molecule has 0 saturated heterocycles. The van der Waals surface area contributed by atoms with E-state index in [1.165, 1.54) is 37.7 Å². The zero-order chi connectivity index (χ0) is 14.4. The summed E-state index contributed by atoms with van der Waals surface area (Å²) in [5.74, 6) is 1.90. The fourth-order valence-electron chi connectivity index (χ4n) is 3.27. The summed E-state index contributed by atoms with van der Waals surface area (Å²) >= 11 is 5.96. The van der Waals surface area contributed by atoms with Crippen LogP contribution in [0.3, 0.4) is 0 Å². The lowest BCUT2D eigenvalue weighted by molar-refractivity contribution is 0.272. The summed E-state index contributed by atoms with van der Waals surface area (Å²) in [6.07, 6.45) is 8.18. The molecule has 0 aliphatic heterocycles. The van der Waals surface area contributed by atoms with Gasteiger partial charge in [0, 0.05) is 11.1 Å². The second kappa shape index (κ2) is 8.05. The van der Waals surface area contributed by atoms with E-state index in [0.29, 0.717) is 6.04 Å². The Morgan fingerprint density at radius 3 is 2.40 bits per heavy atom. The molecule has 20 heavy (non-hydrogen) atoms. The average molecular weight is 294 g/mol. The standard InChI is InChI=1S/C18H28ClN/c1-3-18(16-8-10-17(19)11-9-16)20-13-12-15-6-4-14(2)5-7-15/h8-11,14-15,18,20H,3-7,12-13H2,1-2H3. The zero-order valence-corrected chi connectivity index (χ0v) is 13.6. The van der Waals surface area contributed by atoms with Crippen molar-refractivity contribution in [3.05, 3.63) is 34.9 Å². The molecule has 112 valence electrons. The molecule has 1 nitrogen and oxygen atoms in total. The number of benzene rings is 1. The van der Waals surface area contributed by atoms with E-state index in [-0.39, 0.29) is 0 Å². The molecule has 0 spiro atoms. The maximum absolute atomic E-state index is 5.96. The lowest BCUT2D eigenvalue weighted by Gasteiger charge is -2.27. The van der Waals surface area contributed by atoms with Crippen molar-refractivity contribution in [2.45, 2.75) is 58.4 Å². The SMILES string of the molecule is CCC(NCCC1CCC(C)CC1)c1ccc(Cl)cc1. The van der Waals surface area contributed by atoms with Gasteiger partial charge in [0.1, 0.15) is 0 Å². The van der Waals surface area contributed by atoms with Crippen LogP contribution in [-0.4, -0.2) is 6.54 Å². The fourth-order valence-corrected chi connectivity index (χ4v) is 3.40. The highest BCUT2D eigenvalue weighted by Crippen LogP contribution is 2.30. The average Bonchev–Trinajstić information content (AvgIpc) is 2.47. The molecule has 0 amide bonds. The molecular formula is C18H28ClN. The van der Waals surface area contributed by atoms with Crippen molar-refractivity contribution >= 4 is 11.6 Å². The Morgan fingerprint density at radius 1 is 1.15 bits per heavy atom. The largest absolute Gasteiger partial charge is 0.310 e. The first-order chi connectivity index (χ1) is 9.69. The van der Waals surface area contributed by atoms with Gasteiger partial charge in [-0.25, -0.2) is 0 Å². The molecule has 1 unspecified atom stereocenters. The summed E-state index contributed by atoms with van der Waals surface area (Å²) in [6.45, 7) is 5.77. The molecule has 0 bridgehead atoms. The number of nitrogens with one attached hydrogen (secondary N) is 1. The maximum Gasteiger partial charge on any atom is 0.0406 e. The zero-order valence-electron chi connectivity index (χ0n) is 12.9. The van der Waals surface area contributed by atoms with Gasteiger partial charge in [-0.05, 0) is 48.9 Å². The highest BCUT2D eigenvalue weighted by molar-refractivity contribution is 6.30. The van der Waals surface area contributed by atoms with Gasteiger partial charge in [0.05, 0.1) is 0 Å². The monoisotopic (exact) mass is 293 g/mol. The first-order valence-corrected chi connectivity index (χ1v) is 8.55. The van der Waals surface area contributed by atoms with Crippen molar-refractivity contribution in [2.75, 3.05) is 6.54 Å². The van der Waals surface area contributed by atoms with Gasteiger partial charge in [0.25, 0.3) is 0 Å². The molecule has 1 N–H and O–H groups in total. The van der Waals surface area contributed by atoms with Crippen LogP contribution in [0.4, 0.5) is 0 Å². The molecule has 1 aromatic carbocycles. The third-order valence-corrected chi connectivity index (χ3v) is 5.01. The molecule has 0 aromatic heterocycles. The van der Waals surface area contributed by atoms with E-state index in [9.17, 15) is 0 Å². The third kappa shape index (κ3) is 4.79. The Labute approximate surface area is 129 Å². The Hall–Kier alpha value is -0.530. The van der Waals surface area contributed by atoms with Crippen LogP contribution in [0.25, 0.3) is 0 Å². The lowest BCUT2D eigenvalue weighted by atomic mass is 9.81. The van der Waals surface area contributed by atoms with Crippen LogP contribution in [0.1, 0.15) is 64.0 Å². The highest BCUT2D eigenvalue weighted by atomic mass is 35.5. The molecule has 0 heterocycles. The molecule has 1 aliphatic rings. The molecule has 1 aliphatic carbocycles. The van der Waals surface area contributed by atoms with E-state index in [1.807, 2.05) is 12.1 Å². The first-order valence-electron chi connectivity index (χ1n) is 8.18. The highest BCUT2D eigenvalue weighted by Gasteiger charge is 2.18. The van der Waals surface area contributed by atoms with Crippen LogP contribution in [0.15, 0.2) is 24.3 Å². The predicted molar refractivity (Wildman–Crippen MR) is 88.2 cm³/mol. The minimum atomic E-state index is 0.467. The summed E-state index contributed by atoms with van der Waals surface area (Å²) in [5, 5.41) is 4.54. The molecule has 1 saturated carbocycles. The fraction of sp³-hybridized carbons (Fsp3) is 0.667. The van der Waals surface area contributed by atoms with Gasteiger partial charge < -0.3 is 5.32 Å². The molecular weight excluding hydrogens is 266 g/mol. The van der Waals surface area contributed by atoms with Crippen LogP contribution >= 0.6 is 11.6 Å². The molecule has 2 rings (SSSR count). The molecule has 1 atom stereocenters. The summed E-state index contributed by atoms with van der Waals surface area (Å²) in [7, 11) is 0. The van der Waals surface area contributed by atoms with Gasteiger partial charge in [0.2, 0.25) is 0 Å². The van der Waals surface area contributed by atoms with Crippen molar-refractivity contribution in [3.8, 4) is 0 Å². The van der Waals surface area contributed by atoms with E-state index in [1.54, 1.807) is 0 Å². The topological polar surface area (TPSA) is 12.0 Å². The minimum absolute atomic E-state index is 0.467. The molecule has 2 heteroatoms. The molecule has 0 radical (unpaired) electrons. The Balaban J connectivity index is 1.75. The first kappa shape index (κ1) is 15.9. The van der Waals surface area contributed by atoms with Gasteiger partial charge in [-0.2, -0.15) is 0 Å².